The Bertz CT molecular complexity index is 698. The minimum atomic E-state index is 0.746. The molecule has 0 atom stereocenters. The average Bonchev–Trinajstić information content (AvgIpc) is 2.67. The van der Waals surface area contributed by atoms with E-state index < -0.39 is 0 Å². The first-order valence-corrected chi connectivity index (χ1v) is 9.54. The van der Waals surface area contributed by atoms with Crippen LogP contribution in [-0.4, -0.2) is 31.1 Å². The summed E-state index contributed by atoms with van der Waals surface area (Å²) in [6, 6.07) is 17.3. The first-order valence-electron chi connectivity index (χ1n) is 9.54. The zero-order valence-corrected chi connectivity index (χ0v) is 15.5. The van der Waals surface area contributed by atoms with Crippen molar-refractivity contribution in [3.8, 4) is 5.75 Å². The number of ether oxygens (including phenoxy) is 1. The smallest absolute Gasteiger partial charge is 0.119 e. The molecule has 2 aromatic carbocycles. The molecule has 3 rings (SSSR count). The molecular weight excluding hydrogens is 306 g/mol. The number of hydrogen-bond donors (Lipinski definition) is 0. The molecule has 0 N–H and O–H groups in total. The van der Waals surface area contributed by atoms with Crippen molar-refractivity contribution < 1.29 is 4.74 Å². The van der Waals surface area contributed by atoms with Gasteiger partial charge in [-0.25, -0.2) is 0 Å². The molecule has 1 aliphatic carbocycles. The molecule has 2 aromatic rings. The Balaban J connectivity index is 1.63. The van der Waals surface area contributed by atoms with Gasteiger partial charge in [0.2, 0.25) is 0 Å². The SMILES string of the molecule is CCN(CC)CCOc1ccc(C=C2CCCc3ccccc32)cc1. The van der Waals surface area contributed by atoms with Gasteiger partial charge in [-0.05, 0) is 66.7 Å². The molecule has 1 aliphatic rings. The third-order valence-electron chi connectivity index (χ3n) is 5.05. The van der Waals surface area contributed by atoms with E-state index in [2.05, 4.69) is 73.4 Å². The highest BCUT2D eigenvalue weighted by Gasteiger charge is 2.12. The van der Waals surface area contributed by atoms with E-state index in [0.29, 0.717) is 0 Å². The monoisotopic (exact) mass is 335 g/mol. The van der Waals surface area contributed by atoms with Gasteiger partial charge in [0.1, 0.15) is 12.4 Å². The third kappa shape index (κ3) is 4.73. The zero-order valence-electron chi connectivity index (χ0n) is 15.5. The second-order valence-electron chi connectivity index (χ2n) is 6.62. The van der Waals surface area contributed by atoms with Crippen molar-refractivity contribution in [2.24, 2.45) is 0 Å². The molecular formula is C23H29NO. The molecule has 0 unspecified atom stereocenters. The normalized spacial score (nSPS) is 15.4. The number of rotatable bonds is 7. The number of nitrogens with zero attached hydrogens (tertiary/aromatic N) is 1. The highest BCUT2D eigenvalue weighted by molar-refractivity contribution is 5.83. The van der Waals surface area contributed by atoms with Gasteiger partial charge >= 0.3 is 0 Å². The van der Waals surface area contributed by atoms with Gasteiger partial charge < -0.3 is 9.64 Å². The lowest BCUT2D eigenvalue weighted by Gasteiger charge is -2.19. The molecule has 2 nitrogen and oxygen atoms in total. The Kier molecular flexibility index (Phi) is 6.30. The first kappa shape index (κ1) is 17.8. The largest absolute Gasteiger partial charge is 0.492 e. The van der Waals surface area contributed by atoms with Crippen molar-refractivity contribution in [1.29, 1.82) is 0 Å². The molecule has 0 aromatic heterocycles. The van der Waals surface area contributed by atoms with Gasteiger partial charge in [-0.1, -0.05) is 56.3 Å². The van der Waals surface area contributed by atoms with Crippen LogP contribution in [0.5, 0.6) is 5.75 Å². The van der Waals surface area contributed by atoms with Crippen LogP contribution < -0.4 is 4.74 Å². The average molecular weight is 335 g/mol. The number of likely N-dealkylation sites (N-methyl/N-ethyl adjacent to an activating group) is 1. The number of allylic oxidation sites excluding steroid dienone is 1. The summed E-state index contributed by atoms with van der Waals surface area (Å²) < 4.78 is 5.88. The third-order valence-corrected chi connectivity index (χ3v) is 5.05. The van der Waals surface area contributed by atoms with Gasteiger partial charge in [-0.15, -0.1) is 0 Å². The lowest BCUT2D eigenvalue weighted by Crippen LogP contribution is -2.27. The van der Waals surface area contributed by atoms with Crippen molar-refractivity contribution in [1.82, 2.24) is 4.90 Å². The Hall–Kier alpha value is -2.06. The predicted molar refractivity (Wildman–Crippen MR) is 107 cm³/mol. The van der Waals surface area contributed by atoms with Crippen LogP contribution in [0.1, 0.15) is 43.4 Å². The summed E-state index contributed by atoms with van der Waals surface area (Å²) in [6.45, 7) is 8.26. The summed E-state index contributed by atoms with van der Waals surface area (Å²) in [5, 5.41) is 0. The Morgan fingerprint density at radius 3 is 2.48 bits per heavy atom. The molecule has 0 saturated heterocycles. The molecule has 25 heavy (non-hydrogen) atoms. The Morgan fingerprint density at radius 1 is 0.960 bits per heavy atom. The quantitative estimate of drug-likeness (QED) is 0.682. The Morgan fingerprint density at radius 2 is 1.72 bits per heavy atom. The van der Waals surface area contributed by atoms with Crippen molar-refractivity contribution >= 4 is 11.6 Å². The standard InChI is InChI=1S/C23H29NO/c1-3-24(4-2)16-17-25-22-14-12-19(13-15-22)18-21-10-7-9-20-8-5-6-11-23(20)21/h5-6,8,11-15,18H,3-4,7,9-10,16-17H2,1-2H3. The van der Waals surface area contributed by atoms with Crippen LogP contribution in [0.3, 0.4) is 0 Å². The van der Waals surface area contributed by atoms with Gasteiger partial charge in [-0.2, -0.15) is 0 Å². The topological polar surface area (TPSA) is 12.5 Å². The van der Waals surface area contributed by atoms with E-state index in [9.17, 15) is 0 Å². The maximum Gasteiger partial charge on any atom is 0.119 e. The fourth-order valence-electron chi connectivity index (χ4n) is 3.50. The highest BCUT2D eigenvalue weighted by atomic mass is 16.5. The van der Waals surface area contributed by atoms with Crippen molar-refractivity contribution in [3.63, 3.8) is 0 Å². The molecule has 132 valence electrons. The molecule has 0 radical (unpaired) electrons. The summed E-state index contributed by atoms with van der Waals surface area (Å²) in [5.41, 5.74) is 5.62. The van der Waals surface area contributed by atoms with Crippen molar-refractivity contribution in [3.05, 3.63) is 65.2 Å². The van der Waals surface area contributed by atoms with Gasteiger partial charge in [0.25, 0.3) is 0 Å². The van der Waals surface area contributed by atoms with E-state index in [1.165, 1.54) is 41.5 Å². The molecule has 0 bridgehead atoms. The number of fused-ring (bicyclic) bond motifs is 1. The first-order chi connectivity index (χ1) is 12.3. The van der Waals surface area contributed by atoms with Crippen LogP contribution in [0.25, 0.3) is 11.6 Å². The summed E-state index contributed by atoms with van der Waals surface area (Å²) in [5.74, 6) is 0.957. The summed E-state index contributed by atoms with van der Waals surface area (Å²) in [6.07, 6.45) is 5.94. The molecule has 0 heterocycles. The summed E-state index contributed by atoms with van der Waals surface area (Å²) >= 11 is 0. The maximum absolute atomic E-state index is 5.88. The lowest BCUT2D eigenvalue weighted by atomic mass is 9.86. The lowest BCUT2D eigenvalue weighted by molar-refractivity contribution is 0.223. The van der Waals surface area contributed by atoms with Crippen LogP contribution in [0.4, 0.5) is 0 Å². The van der Waals surface area contributed by atoms with Crippen LogP contribution in [0.2, 0.25) is 0 Å². The van der Waals surface area contributed by atoms with E-state index in [-0.39, 0.29) is 0 Å². The summed E-state index contributed by atoms with van der Waals surface area (Å²) in [7, 11) is 0. The molecule has 0 saturated carbocycles. The van der Waals surface area contributed by atoms with Gasteiger partial charge in [-0.3, -0.25) is 0 Å². The van der Waals surface area contributed by atoms with Crippen molar-refractivity contribution in [2.75, 3.05) is 26.2 Å². The molecule has 2 heteroatoms. The predicted octanol–water partition coefficient (Wildman–Crippen LogP) is 5.28. The molecule has 0 fully saturated rings. The van der Waals surface area contributed by atoms with Gasteiger partial charge in [0.05, 0.1) is 0 Å². The van der Waals surface area contributed by atoms with Crippen LogP contribution in [-0.2, 0) is 6.42 Å². The second kappa shape index (κ2) is 8.87. The fraction of sp³-hybridized carbons (Fsp3) is 0.391. The number of aryl methyl sites for hydroxylation is 1. The molecule has 0 aliphatic heterocycles. The van der Waals surface area contributed by atoms with Crippen LogP contribution in [0, 0.1) is 0 Å². The number of hydrogen-bond acceptors (Lipinski definition) is 2. The summed E-state index contributed by atoms with van der Waals surface area (Å²) in [4.78, 5) is 2.37. The van der Waals surface area contributed by atoms with E-state index in [1.54, 1.807) is 0 Å². The van der Waals surface area contributed by atoms with E-state index >= 15 is 0 Å². The van der Waals surface area contributed by atoms with Crippen LogP contribution >= 0.6 is 0 Å². The maximum atomic E-state index is 5.88. The zero-order chi connectivity index (χ0) is 17.5. The van der Waals surface area contributed by atoms with Gasteiger partial charge in [0.15, 0.2) is 0 Å². The van der Waals surface area contributed by atoms with E-state index in [0.717, 1.165) is 32.0 Å². The van der Waals surface area contributed by atoms with E-state index in [4.69, 9.17) is 4.74 Å². The second-order valence-corrected chi connectivity index (χ2v) is 6.62. The number of benzene rings is 2. The van der Waals surface area contributed by atoms with Gasteiger partial charge in [0, 0.05) is 6.54 Å². The van der Waals surface area contributed by atoms with Crippen LogP contribution in [0.15, 0.2) is 48.5 Å². The highest BCUT2D eigenvalue weighted by Crippen LogP contribution is 2.32. The Labute approximate surface area is 152 Å². The molecule has 0 amide bonds. The van der Waals surface area contributed by atoms with Crippen molar-refractivity contribution in [2.45, 2.75) is 33.1 Å². The minimum absolute atomic E-state index is 0.746. The minimum Gasteiger partial charge on any atom is -0.492 e. The molecule has 0 spiro atoms. The van der Waals surface area contributed by atoms with E-state index in [1.807, 2.05) is 0 Å². The fourth-order valence-corrected chi connectivity index (χ4v) is 3.50.